The molecule has 0 bridgehead atoms. The summed E-state index contributed by atoms with van der Waals surface area (Å²) < 4.78 is 21.1. The molecule has 0 saturated heterocycles. The van der Waals surface area contributed by atoms with E-state index in [4.69, 9.17) is 24.7 Å². The van der Waals surface area contributed by atoms with Crippen LogP contribution in [0.5, 0.6) is 23.0 Å². The maximum atomic E-state index is 12.1. The molecular formula is C20H24N2O6. The lowest BCUT2D eigenvalue weighted by Gasteiger charge is -2.13. The minimum Gasteiger partial charge on any atom is -0.493 e. The van der Waals surface area contributed by atoms with Crippen molar-refractivity contribution in [1.29, 1.82) is 0 Å². The van der Waals surface area contributed by atoms with Gasteiger partial charge in [-0.15, -0.1) is 0 Å². The Kier molecular flexibility index (Phi) is 7.50. The first kappa shape index (κ1) is 20.9. The van der Waals surface area contributed by atoms with E-state index in [9.17, 15) is 9.59 Å². The zero-order chi connectivity index (χ0) is 20.5. The first-order valence-corrected chi connectivity index (χ1v) is 8.57. The van der Waals surface area contributed by atoms with Crippen LogP contribution in [-0.2, 0) is 11.2 Å². The third-order valence-electron chi connectivity index (χ3n) is 4.00. The number of nitrogens with one attached hydrogen (secondary N) is 1. The van der Waals surface area contributed by atoms with Crippen LogP contribution >= 0.6 is 0 Å². The van der Waals surface area contributed by atoms with E-state index in [0.29, 0.717) is 30.2 Å². The molecule has 8 nitrogen and oxygen atoms in total. The molecule has 0 unspecified atom stereocenters. The van der Waals surface area contributed by atoms with Gasteiger partial charge < -0.3 is 30.0 Å². The predicted octanol–water partition coefficient (Wildman–Crippen LogP) is 1.55. The van der Waals surface area contributed by atoms with Gasteiger partial charge in [0.1, 0.15) is 0 Å². The highest BCUT2D eigenvalue weighted by atomic mass is 16.5. The monoisotopic (exact) mass is 388 g/mol. The lowest BCUT2D eigenvalue weighted by atomic mass is 10.1. The molecule has 2 aromatic carbocycles. The minimum atomic E-state index is -0.664. The maximum absolute atomic E-state index is 12.1. The van der Waals surface area contributed by atoms with Crippen molar-refractivity contribution in [3.05, 3.63) is 47.5 Å². The average Bonchev–Trinajstić information content (AvgIpc) is 2.71. The van der Waals surface area contributed by atoms with Gasteiger partial charge in [-0.3, -0.25) is 9.59 Å². The summed E-state index contributed by atoms with van der Waals surface area (Å²) in [4.78, 5) is 23.6. The predicted molar refractivity (Wildman–Crippen MR) is 103 cm³/mol. The lowest BCUT2D eigenvalue weighted by Crippen LogP contribution is -2.31. The number of hydrogen-bond donors (Lipinski definition) is 2. The highest BCUT2D eigenvalue weighted by Crippen LogP contribution is 2.30. The van der Waals surface area contributed by atoms with Crippen LogP contribution in [0.2, 0.25) is 0 Å². The number of carbonyl (C=O) groups excluding carboxylic acids is 2. The Balaban J connectivity index is 1.90. The van der Waals surface area contributed by atoms with E-state index in [0.717, 1.165) is 5.56 Å². The van der Waals surface area contributed by atoms with E-state index in [2.05, 4.69) is 5.32 Å². The molecule has 2 rings (SSSR count). The Bertz CT molecular complexity index is 837. The lowest BCUT2D eigenvalue weighted by molar-refractivity contribution is -0.123. The largest absolute Gasteiger partial charge is 0.493 e. The van der Waals surface area contributed by atoms with Crippen LogP contribution in [0.15, 0.2) is 36.4 Å². The van der Waals surface area contributed by atoms with Crippen LogP contribution in [-0.4, -0.2) is 46.3 Å². The van der Waals surface area contributed by atoms with Crippen molar-refractivity contribution in [3.8, 4) is 23.0 Å². The number of hydrogen-bond acceptors (Lipinski definition) is 6. The fourth-order valence-electron chi connectivity index (χ4n) is 2.59. The SMILES string of the molecule is COc1ccc(CCNC(=O)COc2c(OC)cccc2C(N)=O)cc1OC. The molecule has 0 saturated carbocycles. The number of primary amides is 1. The summed E-state index contributed by atoms with van der Waals surface area (Å²) in [6.45, 7) is 0.138. The molecule has 0 aliphatic heterocycles. The van der Waals surface area contributed by atoms with Crippen LogP contribution < -0.4 is 30.0 Å². The summed E-state index contributed by atoms with van der Waals surface area (Å²) in [6.07, 6.45) is 0.604. The summed E-state index contributed by atoms with van der Waals surface area (Å²) in [5.74, 6) is 0.752. The second kappa shape index (κ2) is 10.1. The Labute approximate surface area is 163 Å². The van der Waals surface area contributed by atoms with Gasteiger partial charge in [-0.25, -0.2) is 0 Å². The van der Waals surface area contributed by atoms with Gasteiger partial charge in [0.15, 0.2) is 29.6 Å². The van der Waals surface area contributed by atoms with Crippen molar-refractivity contribution in [3.63, 3.8) is 0 Å². The quantitative estimate of drug-likeness (QED) is 0.639. The van der Waals surface area contributed by atoms with E-state index in [1.807, 2.05) is 18.2 Å². The highest BCUT2D eigenvalue weighted by molar-refractivity contribution is 5.96. The Morgan fingerprint density at radius 3 is 2.32 bits per heavy atom. The molecule has 8 heteroatoms. The zero-order valence-corrected chi connectivity index (χ0v) is 16.1. The summed E-state index contributed by atoms with van der Waals surface area (Å²) in [6, 6.07) is 10.3. The normalized spacial score (nSPS) is 10.1. The molecule has 3 N–H and O–H groups in total. The number of methoxy groups -OCH3 is 3. The van der Waals surface area contributed by atoms with E-state index in [1.54, 1.807) is 26.4 Å². The Morgan fingerprint density at radius 1 is 0.964 bits per heavy atom. The number of nitrogens with two attached hydrogens (primary N) is 1. The number of ether oxygens (including phenoxy) is 4. The molecule has 28 heavy (non-hydrogen) atoms. The molecule has 0 fully saturated rings. The number of rotatable bonds is 10. The van der Waals surface area contributed by atoms with Crippen LogP contribution in [0.1, 0.15) is 15.9 Å². The van der Waals surface area contributed by atoms with Gasteiger partial charge in [-0.1, -0.05) is 12.1 Å². The second-order valence-corrected chi connectivity index (χ2v) is 5.78. The van der Waals surface area contributed by atoms with Crippen molar-refractivity contribution in [2.45, 2.75) is 6.42 Å². The van der Waals surface area contributed by atoms with Gasteiger partial charge in [0, 0.05) is 6.54 Å². The standard InChI is InChI=1S/C20H24N2O6/c1-25-15-8-7-13(11-17(15)27-3)9-10-22-18(23)12-28-19-14(20(21)24)5-4-6-16(19)26-2/h4-8,11H,9-10,12H2,1-3H3,(H2,21,24)(H,22,23). The van der Waals surface area contributed by atoms with Crippen molar-refractivity contribution < 1.29 is 28.5 Å². The first-order valence-electron chi connectivity index (χ1n) is 8.57. The Morgan fingerprint density at radius 2 is 1.68 bits per heavy atom. The fourth-order valence-corrected chi connectivity index (χ4v) is 2.59. The van der Waals surface area contributed by atoms with Crippen LogP contribution in [0.25, 0.3) is 0 Å². The average molecular weight is 388 g/mol. The van der Waals surface area contributed by atoms with Gasteiger partial charge >= 0.3 is 0 Å². The smallest absolute Gasteiger partial charge is 0.257 e. The molecule has 0 spiro atoms. The van der Waals surface area contributed by atoms with Crippen molar-refractivity contribution in [2.24, 2.45) is 5.73 Å². The van der Waals surface area contributed by atoms with Crippen molar-refractivity contribution >= 4 is 11.8 Å². The molecule has 2 aromatic rings. The van der Waals surface area contributed by atoms with Crippen LogP contribution in [0.4, 0.5) is 0 Å². The molecule has 150 valence electrons. The minimum absolute atomic E-state index is 0.146. The van der Waals surface area contributed by atoms with Gasteiger partial charge in [0.2, 0.25) is 0 Å². The van der Waals surface area contributed by atoms with Crippen molar-refractivity contribution in [2.75, 3.05) is 34.5 Å². The molecule has 0 heterocycles. The number of amides is 2. The topological polar surface area (TPSA) is 109 Å². The molecule has 0 aromatic heterocycles. The number of benzene rings is 2. The third-order valence-corrected chi connectivity index (χ3v) is 4.00. The molecule has 0 aliphatic carbocycles. The van der Waals surface area contributed by atoms with E-state index < -0.39 is 5.91 Å². The maximum Gasteiger partial charge on any atom is 0.257 e. The molecule has 0 aliphatic rings. The number of carbonyl (C=O) groups is 2. The van der Waals surface area contributed by atoms with Gasteiger partial charge in [-0.2, -0.15) is 0 Å². The summed E-state index contributed by atoms with van der Waals surface area (Å²) in [5, 5.41) is 2.76. The van der Waals surface area contributed by atoms with Crippen molar-refractivity contribution in [1.82, 2.24) is 5.32 Å². The third kappa shape index (κ3) is 5.29. The highest BCUT2D eigenvalue weighted by Gasteiger charge is 2.16. The molecule has 0 atom stereocenters. The summed E-state index contributed by atoms with van der Waals surface area (Å²) >= 11 is 0. The summed E-state index contributed by atoms with van der Waals surface area (Å²) in [7, 11) is 4.58. The molecule has 2 amide bonds. The van der Waals surface area contributed by atoms with E-state index in [1.165, 1.54) is 13.2 Å². The second-order valence-electron chi connectivity index (χ2n) is 5.78. The van der Waals surface area contributed by atoms with Gasteiger partial charge in [-0.05, 0) is 36.2 Å². The summed E-state index contributed by atoms with van der Waals surface area (Å²) in [5.41, 5.74) is 6.48. The van der Waals surface area contributed by atoms with Crippen LogP contribution in [0.3, 0.4) is 0 Å². The number of para-hydroxylation sites is 1. The van der Waals surface area contributed by atoms with E-state index >= 15 is 0 Å². The zero-order valence-electron chi connectivity index (χ0n) is 16.1. The van der Waals surface area contributed by atoms with E-state index in [-0.39, 0.29) is 23.8 Å². The Hall–Kier alpha value is -3.42. The first-order chi connectivity index (χ1) is 13.5. The fraction of sp³-hybridized carbons (Fsp3) is 0.300. The van der Waals surface area contributed by atoms with Crippen LogP contribution in [0, 0.1) is 0 Å². The van der Waals surface area contributed by atoms with Gasteiger partial charge in [0.25, 0.3) is 11.8 Å². The molecular weight excluding hydrogens is 364 g/mol. The molecule has 0 radical (unpaired) electrons. The van der Waals surface area contributed by atoms with Gasteiger partial charge in [0.05, 0.1) is 26.9 Å².